The minimum absolute atomic E-state index is 0.217. The molecule has 0 radical (unpaired) electrons. The molecule has 1 aliphatic heterocycles. The largest absolute Gasteiger partial charge is 0.495 e. The van der Waals surface area contributed by atoms with Crippen LogP contribution >= 0.6 is 11.6 Å². The average Bonchev–Trinajstić information content (AvgIpc) is 2.93. The molecular formula is C26H23ClN6O4. The molecule has 0 bridgehead atoms. The molecule has 3 heterocycles. The molecule has 1 aliphatic rings. The molecule has 0 saturated carbocycles. The predicted molar refractivity (Wildman–Crippen MR) is 140 cm³/mol. The Hall–Kier alpha value is -4.44. The van der Waals surface area contributed by atoms with Gasteiger partial charge in [0.05, 0.1) is 12.8 Å². The Morgan fingerprint density at radius 2 is 1.65 bits per heavy atom. The molecule has 3 amide bonds. The average molecular weight is 519 g/mol. The van der Waals surface area contributed by atoms with Crippen LogP contribution < -0.4 is 15.6 Å². The zero-order chi connectivity index (χ0) is 25.9. The van der Waals surface area contributed by atoms with Gasteiger partial charge in [-0.3, -0.25) is 14.2 Å². The van der Waals surface area contributed by atoms with Crippen LogP contribution in [0.3, 0.4) is 0 Å². The number of amides is 3. The summed E-state index contributed by atoms with van der Waals surface area (Å²) in [6.45, 7) is 1.13. The number of ether oxygens (including phenoxy) is 1. The number of hydrogen-bond acceptors (Lipinski definition) is 6. The van der Waals surface area contributed by atoms with Gasteiger partial charge in [0, 0.05) is 43.1 Å². The van der Waals surface area contributed by atoms with Crippen molar-refractivity contribution in [1.29, 1.82) is 0 Å². The number of nitrogens with one attached hydrogen (secondary N) is 1. The van der Waals surface area contributed by atoms with Gasteiger partial charge < -0.3 is 19.9 Å². The summed E-state index contributed by atoms with van der Waals surface area (Å²) in [6, 6.07) is 16.9. The Morgan fingerprint density at radius 1 is 0.946 bits per heavy atom. The standard InChI is InChI=1S/C26H23ClN6O4/c1-37-21-7-3-2-6-20(21)33-23-19(5-4-12-28-23)30-22(25(33)35)24(34)31-13-15-32(16-14-31)26(36)29-18-10-8-17(27)9-11-18/h2-12H,13-16H2,1H3,(H,29,36). The molecule has 188 valence electrons. The van der Waals surface area contributed by atoms with Crippen LogP contribution in [0.5, 0.6) is 5.75 Å². The van der Waals surface area contributed by atoms with Gasteiger partial charge in [0.15, 0.2) is 11.3 Å². The number of pyridine rings is 1. The highest BCUT2D eigenvalue weighted by Crippen LogP contribution is 2.24. The molecule has 11 heteroatoms. The zero-order valence-corrected chi connectivity index (χ0v) is 20.7. The molecule has 2 aromatic heterocycles. The summed E-state index contributed by atoms with van der Waals surface area (Å²) in [5, 5.41) is 3.40. The second-order valence-corrected chi connectivity index (χ2v) is 8.77. The molecule has 37 heavy (non-hydrogen) atoms. The van der Waals surface area contributed by atoms with E-state index < -0.39 is 11.5 Å². The van der Waals surface area contributed by atoms with E-state index in [9.17, 15) is 14.4 Å². The third kappa shape index (κ3) is 4.83. The van der Waals surface area contributed by atoms with Crippen molar-refractivity contribution in [2.45, 2.75) is 0 Å². The van der Waals surface area contributed by atoms with E-state index in [2.05, 4.69) is 15.3 Å². The molecule has 0 unspecified atom stereocenters. The van der Waals surface area contributed by atoms with Crippen molar-refractivity contribution < 1.29 is 14.3 Å². The fraction of sp³-hybridized carbons (Fsp3) is 0.192. The Kier molecular flexibility index (Phi) is 6.74. The molecule has 1 fully saturated rings. The van der Waals surface area contributed by atoms with Crippen LogP contribution in [-0.2, 0) is 0 Å². The lowest BCUT2D eigenvalue weighted by atomic mass is 10.2. The summed E-state index contributed by atoms with van der Waals surface area (Å²) in [5.41, 5.74) is 0.987. The van der Waals surface area contributed by atoms with E-state index in [1.807, 2.05) is 0 Å². The molecule has 0 spiro atoms. The first-order chi connectivity index (χ1) is 18.0. The lowest BCUT2D eigenvalue weighted by molar-refractivity contribution is 0.0664. The van der Waals surface area contributed by atoms with E-state index in [4.69, 9.17) is 16.3 Å². The summed E-state index contributed by atoms with van der Waals surface area (Å²) in [6.07, 6.45) is 1.56. The van der Waals surface area contributed by atoms with E-state index >= 15 is 0 Å². The second-order valence-electron chi connectivity index (χ2n) is 8.34. The summed E-state index contributed by atoms with van der Waals surface area (Å²) >= 11 is 5.90. The molecule has 5 rings (SSSR count). The van der Waals surface area contributed by atoms with Crippen molar-refractivity contribution in [3.8, 4) is 11.4 Å². The van der Waals surface area contributed by atoms with Crippen molar-refractivity contribution in [1.82, 2.24) is 24.3 Å². The van der Waals surface area contributed by atoms with Crippen molar-refractivity contribution in [2.75, 3.05) is 38.6 Å². The normalized spacial score (nSPS) is 13.5. The van der Waals surface area contributed by atoms with E-state index in [0.717, 1.165) is 0 Å². The number of nitrogens with zero attached hydrogens (tertiary/aromatic N) is 5. The Morgan fingerprint density at radius 3 is 2.38 bits per heavy atom. The number of piperazine rings is 1. The Balaban J connectivity index is 1.39. The number of rotatable bonds is 4. The van der Waals surface area contributed by atoms with Crippen molar-refractivity contribution in [3.63, 3.8) is 0 Å². The van der Waals surface area contributed by atoms with Gasteiger partial charge in [-0.1, -0.05) is 23.7 Å². The van der Waals surface area contributed by atoms with Gasteiger partial charge in [0.25, 0.3) is 11.5 Å². The fourth-order valence-electron chi connectivity index (χ4n) is 4.19. The van der Waals surface area contributed by atoms with Gasteiger partial charge in [-0.2, -0.15) is 0 Å². The zero-order valence-electron chi connectivity index (χ0n) is 19.9. The maximum atomic E-state index is 13.6. The van der Waals surface area contributed by atoms with Crippen molar-refractivity contribution in [3.05, 3.63) is 87.9 Å². The van der Waals surface area contributed by atoms with Gasteiger partial charge in [-0.05, 0) is 48.5 Å². The molecule has 4 aromatic rings. The van der Waals surface area contributed by atoms with Crippen LogP contribution in [0, 0.1) is 0 Å². The molecule has 1 saturated heterocycles. The van der Waals surface area contributed by atoms with Gasteiger partial charge in [-0.25, -0.2) is 14.8 Å². The maximum absolute atomic E-state index is 13.6. The van der Waals surface area contributed by atoms with Gasteiger partial charge >= 0.3 is 6.03 Å². The fourth-order valence-corrected chi connectivity index (χ4v) is 4.32. The van der Waals surface area contributed by atoms with Crippen LogP contribution in [0.1, 0.15) is 10.5 Å². The molecule has 0 atom stereocenters. The molecular weight excluding hydrogens is 496 g/mol. The highest BCUT2D eigenvalue weighted by atomic mass is 35.5. The number of methoxy groups -OCH3 is 1. The number of fused-ring (bicyclic) bond motifs is 1. The topological polar surface area (TPSA) is 110 Å². The number of benzene rings is 2. The monoisotopic (exact) mass is 518 g/mol. The highest BCUT2D eigenvalue weighted by molar-refractivity contribution is 6.30. The molecule has 1 N–H and O–H groups in total. The highest BCUT2D eigenvalue weighted by Gasteiger charge is 2.29. The summed E-state index contributed by atoms with van der Waals surface area (Å²) in [5.74, 6) is -0.0429. The van der Waals surface area contributed by atoms with Crippen molar-refractivity contribution >= 4 is 40.4 Å². The number of urea groups is 1. The third-order valence-electron chi connectivity index (χ3n) is 6.09. The van der Waals surface area contributed by atoms with Crippen LogP contribution in [-0.4, -0.2) is 69.6 Å². The number of hydrogen-bond donors (Lipinski definition) is 1. The maximum Gasteiger partial charge on any atom is 0.321 e. The summed E-state index contributed by atoms with van der Waals surface area (Å²) < 4.78 is 6.80. The van der Waals surface area contributed by atoms with Gasteiger partial charge in [0.1, 0.15) is 11.3 Å². The number of aromatic nitrogens is 3. The van der Waals surface area contributed by atoms with Crippen LogP contribution in [0.15, 0.2) is 71.7 Å². The Bertz CT molecular complexity index is 1530. The van der Waals surface area contributed by atoms with Crippen LogP contribution in [0.25, 0.3) is 16.9 Å². The number of anilines is 1. The second kappa shape index (κ2) is 10.3. The van der Waals surface area contributed by atoms with E-state index in [1.165, 1.54) is 16.6 Å². The van der Waals surface area contributed by atoms with E-state index in [-0.39, 0.29) is 24.8 Å². The Labute approximate surface area is 217 Å². The van der Waals surface area contributed by atoms with E-state index in [0.29, 0.717) is 46.4 Å². The number of carbonyl (C=O) groups is 2. The first-order valence-electron chi connectivity index (χ1n) is 11.6. The SMILES string of the molecule is COc1ccccc1-n1c(=O)c(C(=O)N2CCN(C(=O)Nc3ccc(Cl)cc3)CC2)nc2cccnc21. The molecule has 2 aromatic carbocycles. The summed E-state index contributed by atoms with van der Waals surface area (Å²) in [4.78, 5) is 51.6. The summed E-state index contributed by atoms with van der Waals surface area (Å²) in [7, 11) is 1.51. The number of halogens is 1. The van der Waals surface area contributed by atoms with Crippen LogP contribution in [0.2, 0.25) is 5.02 Å². The number of para-hydroxylation sites is 2. The van der Waals surface area contributed by atoms with Crippen molar-refractivity contribution in [2.24, 2.45) is 0 Å². The lowest BCUT2D eigenvalue weighted by Gasteiger charge is -2.34. The minimum Gasteiger partial charge on any atom is -0.495 e. The third-order valence-corrected chi connectivity index (χ3v) is 6.35. The first-order valence-corrected chi connectivity index (χ1v) is 12.0. The van der Waals surface area contributed by atoms with Crippen LogP contribution in [0.4, 0.5) is 10.5 Å². The molecule has 10 nitrogen and oxygen atoms in total. The molecule has 0 aliphatic carbocycles. The van der Waals surface area contributed by atoms with E-state index in [1.54, 1.807) is 71.8 Å². The first kappa shape index (κ1) is 24.3. The van der Waals surface area contributed by atoms with Gasteiger partial charge in [-0.15, -0.1) is 0 Å². The lowest BCUT2D eigenvalue weighted by Crippen LogP contribution is -2.52. The quantitative estimate of drug-likeness (QED) is 0.443. The minimum atomic E-state index is -0.594. The number of carbonyl (C=O) groups excluding carboxylic acids is 2. The van der Waals surface area contributed by atoms with Gasteiger partial charge in [0.2, 0.25) is 0 Å². The smallest absolute Gasteiger partial charge is 0.321 e. The predicted octanol–water partition coefficient (Wildman–Crippen LogP) is 3.43.